The lowest BCUT2D eigenvalue weighted by atomic mass is 9.84. The average Bonchev–Trinajstić information content (AvgIpc) is 3.01. The van der Waals surface area contributed by atoms with Crippen molar-refractivity contribution in [1.82, 2.24) is 9.88 Å². The van der Waals surface area contributed by atoms with Crippen molar-refractivity contribution in [2.75, 3.05) is 20.2 Å². The highest BCUT2D eigenvalue weighted by Crippen LogP contribution is 2.31. The van der Waals surface area contributed by atoms with Crippen molar-refractivity contribution >= 4 is 17.5 Å². The SMILES string of the molecule is COc1ccc(C(=O)C2CCN(C(=O)c3ccc(C(=O)CC4CCC(Oc5cc(F)cc(F)c5)CC4)nc3)CC2)cc1. The van der Waals surface area contributed by atoms with E-state index in [4.69, 9.17) is 9.47 Å². The third-order valence-corrected chi connectivity index (χ3v) is 8.23. The molecule has 0 unspecified atom stereocenters. The van der Waals surface area contributed by atoms with Crippen molar-refractivity contribution in [3.8, 4) is 11.5 Å². The monoisotopic (exact) mass is 576 g/mol. The van der Waals surface area contributed by atoms with Gasteiger partial charge in [-0.15, -0.1) is 0 Å². The van der Waals surface area contributed by atoms with Crippen LogP contribution >= 0.6 is 0 Å². The van der Waals surface area contributed by atoms with E-state index in [1.165, 1.54) is 18.3 Å². The van der Waals surface area contributed by atoms with Gasteiger partial charge in [0.1, 0.15) is 28.8 Å². The van der Waals surface area contributed by atoms with Crippen molar-refractivity contribution in [2.24, 2.45) is 11.8 Å². The molecule has 0 N–H and O–H groups in total. The number of amides is 1. The van der Waals surface area contributed by atoms with Crippen LogP contribution in [0.2, 0.25) is 0 Å². The van der Waals surface area contributed by atoms with Crippen LogP contribution in [0.3, 0.4) is 0 Å². The summed E-state index contributed by atoms with van der Waals surface area (Å²) < 4.78 is 37.8. The van der Waals surface area contributed by atoms with Gasteiger partial charge in [0.2, 0.25) is 0 Å². The van der Waals surface area contributed by atoms with Crippen molar-refractivity contribution in [3.63, 3.8) is 0 Å². The lowest BCUT2D eigenvalue weighted by Crippen LogP contribution is -2.40. The Hall–Kier alpha value is -4.14. The van der Waals surface area contributed by atoms with Gasteiger partial charge < -0.3 is 14.4 Å². The molecule has 1 aromatic heterocycles. The number of Topliss-reactive ketones (excluding diaryl/α,β-unsaturated/α-hetero) is 2. The Bertz CT molecular complexity index is 1390. The number of hydrogen-bond donors (Lipinski definition) is 0. The molecule has 42 heavy (non-hydrogen) atoms. The standard InChI is InChI=1S/C33H34F2N2O5/c1-41-27-9-4-22(5-10-27)32(39)23-12-14-37(15-13-23)33(40)24-6-11-30(36-20-24)31(38)16-21-2-7-28(8-3-21)42-29-18-25(34)17-26(35)19-29/h4-6,9-11,17-21,23,28H,2-3,7-8,12-16H2,1H3. The van der Waals surface area contributed by atoms with Crippen LogP contribution < -0.4 is 9.47 Å². The molecule has 2 aromatic carbocycles. The number of benzene rings is 2. The number of aromatic nitrogens is 1. The molecule has 1 saturated carbocycles. The first-order valence-corrected chi connectivity index (χ1v) is 14.4. The molecule has 1 amide bonds. The van der Waals surface area contributed by atoms with Crippen molar-refractivity contribution in [3.05, 3.63) is 89.2 Å². The molecule has 1 aliphatic carbocycles. The minimum absolute atomic E-state index is 0.0802. The fraction of sp³-hybridized carbons (Fsp3) is 0.394. The smallest absolute Gasteiger partial charge is 0.255 e. The van der Waals surface area contributed by atoms with Gasteiger partial charge >= 0.3 is 0 Å². The molecule has 1 aliphatic heterocycles. The minimum atomic E-state index is -0.675. The molecule has 0 atom stereocenters. The summed E-state index contributed by atoms with van der Waals surface area (Å²) in [5, 5.41) is 0. The van der Waals surface area contributed by atoms with Gasteiger partial charge in [-0.2, -0.15) is 0 Å². The fourth-order valence-corrected chi connectivity index (χ4v) is 5.81. The zero-order valence-corrected chi connectivity index (χ0v) is 23.6. The molecule has 1 saturated heterocycles. The fourth-order valence-electron chi connectivity index (χ4n) is 5.81. The van der Waals surface area contributed by atoms with E-state index >= 15 is 0 Å². The third kappa shape index (κ3) is 7.19. The molecule has 0 spiro atoms. The van der Waals surface area contributed by atoms with Crippen molar-refractivity contribution in [1.29, 1.82) is 0 Å². The van der Waals surface area contributed by atoms with E-state index in [1.54, 1.807) is 48.4 Å². The maximum absolute atomic E-state index is 13.4. The largest absolute Gasteiger partial charge is 0.497 e. The maximum atomic E-state index is 13.4. The van der Waals surface area contributed by atoms with E-state index in [0.29, 0.717) is 67.8 Å². The topological polar surface area (TPSA) is 85.8 Å². The Morgan fingerprint density at radius 1 is 0.833 bits per heavy atom. The highest BCUT2D eigenvalue weighted by molar-refractivity contribution is 5.99. The van der Waals surface area contributed by atoms with Crippen LogP contribution in [0.15, 0.2) is 60.8 Å². The quantitative estimate of drug-likeness (QED) is 0.278. The molecule has 2 heterocycles. The summed E-state index contributed by atoms with van der Waals surface area (Å²) >= 11 is 0. The number of halogens is 2. The Balaban J connectivity index is 1.07. The summed E-state index contributed by atoms with van der Waals surface area (Å²) in [5.41, 5.74) is 1.38. The maximum Gasteiger partial charge on any atom is 0.255 e. The van der Waals surface area contributed by atoms with E-state index in [1.807, 2.05) is 0 Å². The van der Waals surface area contributed by atoms with Crippen LogP contribution in [0.4, 0.5) is 8.78 Å². The molecule has 9 heteroatoms. The number of methoxy groups -OCH3 is 1. The predicted molar refractivity (Wildman–Crippen MR) is 152 cm³/mol. The van der Waals surface area contributed by atoms with E-state index in [2.05, 4.69) is 4.98 Å². The number of rotatable bonds is 9. The van der Waals surface area contributed by atoms with Gasteiger partial charge in [-0.3, -0.25) is 19.4 Å². The van der Waals surface area contributed by atoms with Crippen LogP contribution in [0.1, 0.15) is 76.2 Å². The molecule has 5 rings (SSSR count). The Morgan fingerprint density at radius 2 is 1.48 bits per heavy atom. The highest BCUT2D eigenvalue weighted by atomic mass is 19.1. The summed E-state index contributed by atoms with van der Waals surface area (Å²) in [6.07, 6.45) is 5.75. The number of ketones is 2. The normalized spacial score (nSPS) is 19.3. The van der Waals surface area contributed by atoms with Gasteiger partial charge in [0.15, 0.2) is 11.6 Å². The van der Waals surface area contributed by atoms with E-state index < -0.39 is 11.6 Å². The first-order valence-electron chi connectivity index (χ1n) is 14.4. The van der Waals surface area contributed by atoms with Crippen LogP contribution in [-0.2, 0) is 0 Å². The van der Waals surface area contributed by atoms with Crippen LogP contribution in [-0.4, -0.2) is 53.7 Å². The van der Waals surface area contributed by atoms with Crippen LogP contribution in [0.25, 0.3) is 0 Å². The molecular formula is C33H34F2N2O5. The summed E-state index contributed by atoms with van der Waals surface area (Å²) in [7, 11) is 1.58. The number of carbonyl (C=O) groups excluding carboxylic acids is 3. The number of likely N-dealkylation sites (tertiary alicyclic amines) is 1. The first kappa shape index (κ1) is 29.4. The zero-order chi connectivity index (χ0) is 29.6. The van der Waals surface area contributed by atoms with E-state index in [0.717, 1.165) is 18.9 Å². The van der Waals surface area contributed by atoms with Gasteiger partial charge in [0.05, 0.1) is 18.8 Å². The zero-order valence-electron chi connectivity index (χ0n) is 23.6. The molecule has 220 valence electrons. The second kappa shape index (κ2) is 13.2. The summed E-state index contributed by atoms with van der Waals surface area (Å²) in [4.78, 5) is 44.9. The number of carbonyl (C=O) groups is 3. The molecule has 2 aliphatic rings. The summed E-state index contributed by atoms with van der Waals surface area (Å²) in [5.74, 6) is -0.591. The highest BCUT2D eigenvalue weighted by Gasteiger charge is 2.29. The lowest BCUT2D eigenvalue weighted by Gasteiger charge is -2.31. The summed E-state index contributed by atoms with van der Waals surface area (Å²) in [6, 6.07) is 13.5. The van der Waals surface area contributed by atoms with Gasteiger partial charge in [-0.1, -0.05) is 0 Å². The molecule has 0 radical (unpaired) electrons. The predicted octanol–water partition coefficient (Wildman–Crippen LogP) is 6.31. The number of piperidine rings is 1. The molecule has 2 fully saturated rings. The molecule has 0 bridgehead atoms. The van der Waals surface area contributed by atoms with Gasteiger partial charge in [-0.05, 0) is 80.8 Å². The minimum Gasteiger partial charge on any atom is -0.497 e. The molecule has 3 aromatic rings. The van der Waals surface area contributed by atoms with Crippen LogP contribution in [0, 0.1) is 23.5 Å². The molecular weight excluding hydrogens is 542 g/mol. The Kier molecular flexibility index (Phi) is 9.25. The van der Waals surface area contributed by atoms with Gasteiger partial charge in [0, 0.05) is 55.4 Å². The van der Waals surface area contributed by atoms with E-state index in [-0.39, 0.29) is 41.2 Å². The van der Waals surface area contributed by atoms with E-state index in [9.17, 15) is 23.2 Å². The Labute approximate surface area is 243 Å². The van der Waals surface area contributed by atoms with Crippen LogP contribution in [0.5, 0.6) is 11.5 Å². The number of nitrogens with zero attached hydrogens (tertiary/aromatic N) is 2. The summed E-state index contributed by atoms with van der Waals surface area (Å²) in [6.45, 7) is 0.958. The van der Waals surface area contributed by atoms with Crippen molar-refractivity contribution in [2.45, 2.75) is 51.0 Å². The number of pyridine rings is 1. The lowest BCUT2D eigenvalue weighted by molar-refractivity contribution is 0.0649. The number of ether oxygens (including phenoxy) is 2. The average molecular weight is 577 g/mol. The second-order valence-corrected chi connectivity index (χ2v) is 11.1. The van der Waals surface area contributed by atoms with Gasteiger partial charge in [-0.25, -0.2) is 8.78 Å². The molecule has 7 nitrogen and oxygen atoms in total. The third-order valence-electron chi connectivity index (χ3n) is 8.23. The number of hydrogen-bond acceptors (Lipinski definition) is 6. The first-order chi connectivity index (χ1) is 20.3. The van der Waals surface area contributed by atoms with Gasteiger partial charge in [0.25, 0.3) is 5.91 Å². The van der Waals surface area contributed by atoms with Crippen molar-refractivity contribution < 1.29 is 32.6 Å². The Morgan fingerprint density at radius 3 is 2.07 bits per heavy atom. The second-order valence-electron chi connectivity index (χ2n) is 11.1.